The van der Waals surface area contributed by atoms with Crippen molar-refractivity contribution in [2.24, 2.45) is 0 Å². The Morgan fingerprint density at radius 1 is 1.03 bits per heavy atom. The van der Waals surface area contributed by atoms with E-state index in [1.54, 1.807) is 31.2 Å². The Morgan fingerprint density at radius 3 is 2.50 bits per heavy atom. The number of benzene rings is 1. The Morgan fingerprint density at radius 2 is 1.77 bits per heavy atom. The molecule has 3 heterocycles. The van der Waals surface area contributed by atoms with Crippen LogP contribution in [0.4, 0.5) is 16.4 Å². The molecule has 0 saturated carbocycles. The van der Waals surface area contributed by atoms with Crippen molar-refractivity contribution in [2.45, 2.75) is 32.6 Å². The van der Waals surface area contributed by atoms with E-state index in [9.17, 15) is 14.4 Å². The first kappa shape index (κ1) is 20.2. The molecule has 0 aliphatic carbocycles. The second-order valence-corrected chi connectivity index (χ2v) is 7.83. The largest absolute Gasteiger partial charge is 0.441 e. The molecule has 0 radical (unpaired) electrons. The minimum absolute atomic E-state index is 0.175. The van der Waals surface area contributed by atoms with Crippen LogP contribution in [-0.4, -0.2) is 30.9 Å². The number of nitrogens with zero attached hydrogens (tertiary/aromatic N) is 2. The molecule has 2 aromatic rings. The molecule has 0 atom stereocenters. The molecule has 0 unspecified atom stereocenters. The number of anilines is 2. The normalized spacial score (nSPS) is 19.3. The fraction of sp³-hybridized carbons (Fsp3) is 0.318. The Balaban J connectivity index is 1.64. The summed E-state index contributed by atoms with van der Waals surface area (Å²) in [5, 5.41) is 2.64. The Bertz CT molecular complexity index is 1030. The van der Waals surface area contributed by atoms with Crippen LogP contribution >= 0.6 is 11.6 Å². The second-order valence-electron chi connectivity index (χ2n) is 7.42. The maximum Gasteiger partial charge on any atom is 0.335 e. The lowest BCUT2D eigenvalue weighted by Crippen LogP contribution is -2.54. The molecule has 1 aromatic heterocycles. The summed E-state index contributed by atoms with van der Waals surface area (Å²) in [4.78, 5) is 40.9. The lowest BCUT2D eigenvalue weighted by Gasteiger charge is -2.27. The van der Waals surface area contributed by atoms with Crippen molar-refractivity contribution in [2.75, 3.05) is 22.9 Å². The van der Waals surface area contributed by atoms with Gasteiger partial charge < -0.3 is 9.32 Å². The molecule has 1 N–H and O–H groups in total. The van der Waals surface area contributed by atoms with Gasteiger partial charge in [0, 0.05) is 24.2 Å². The molecule has 2 aliphatic heterocycles. The summed E-state index contributed by atoms with van der Waals surface area (Å²) in [6.07, 6.45) is 5.99. The van der Waals surface area contributed by atoms with E-state index in [2.05, 4.69) is 10.2 Å². The monoisotopic (exact) mass is 427 g/mol. The first-order chi connectivity index (χ1) is 14.5. The lowest BCUT2D eigenvalue weighted by atomic mass is 10.1. The van der Waals surface area contributed by atoms with Crippen LogP contribution in [0.15, 0.2) is 40.3 Å². The zero-order valence-electron chi connectivity index (χ0n) is 16.6. The van der Waals surface area contributed by atoms with E-state index in [0.29, 0.717) is 27.9 Å². The topological polar surface area (TPSA) is 82.9 Å². The van der Waals surface area contributed by atoms with Crippen molar-refractivity contribution >= 4 is 47.1 Å². The van der Waals surface area contributed by atoms with E-state index in [4.69, 9.17) is 16.0 Å². The standard InChI is InChI=1S/C22H22ClN3O4/c1-14-17(23)7-6-8-18(14)26-21(28)16(20(27)24-22(26)29)13-15-9-10-19(30-15)25-11-4-2-3-5-12-25/h6-10,13H,2-5,11-12H2,1H3,(H,24,27,29)/b16-13+. The molecule has 2 saturated heterocycles. The number of furan rings is 1. The number of rotatable bonds is 3. The van der Waals surface area contributed by atoms with Crippen LogP contribution in [0.5, 0.6) is 0 Å². The van der Waals surface area contributed by atoms with Crippen molar-refractivity contribution in [3.63, 3.8) is 0 Å². The third-order valence-corrected chi connectivity index (χ3v) is 5.81. The minimum atomic E-state index is -0.808. The van der Waals surface area contributed by atoms with E-state index in [1.807, 2.05) is 6.07 Å². The van der Waals surface area contributed by atoms with Gasteiger partial charge in [0.15, 0.2) is 5.88 Å². The molecule has 8 heteroatoms. The molecule has 1 aromatic carbocycles. The number of amides is 4. The fourth-order valence-corrected chi connectivity index (χ4v) is 3.91. The summed E-state index contributed by atoms with van der Waals surface area (Å²) in [5.74, 6) is -0.383. The van der Waals surface area contributed by atoms with Gasteiger partial charge in [-0.05, 0) is 49.6 Å². The lowest BCUT2D eigenvalue weighted by molar-refractivity contribution is -0.122. The van der Waals surface area contributed by atoms with Crippen molar-refractivity contribution in [1.29, 1.82) is 0 Å². The highest BCUT2D eigenvalue weighted by Gasteiger charge is 2.37. The highest BCUT2D eigenvalue weighted by atomic mass is 35.5. The van der Waals surface area contributed by atoms with Gasteiger partial charge in [-0.1, -0.05) is 30.5 Å². The third-order valence-electron chi connectivity index (χ3n) is 5.40. The molecule has 2 fully saturated rings. The predicted octanol–water partition coefficient (Wildman–Crippen LogP) is 4.29. The van der Waals surface area contributed by atoms with Crippen LogP contribution in [-0.2, 0) is 9.59 Å². The maximum absolute atomic E-state index is 13.0. The first-order valence-electron chi connectivity index (χ1n) is 9.97. The van der Waals surface area contributed by atoms with Gasteiger partial charge in [-0.2, -0.15) is 0 Å². The number of barbiturate groups is 1. The van der Waals surface area contributed by atoms with Gasteiger partial charge >= 0.3 is 6.03 Å². The molecular formula is C22H22ClN3O4. The quantitative estimate of drug-likeness (QED) is 0.583. The SMILES string of the molecule is Cc1c(Cl)cccc1N1C(=O)NC(=O)/C(=C\c2ccc(N3CCCCCC3)o2)C1=O. The van der Waals surface area contributed by atoms with E-state index in [-0.39, 0.29) is 5.57 Å². The summed E-state index contributed by atoms with van der Waals surface area (Å²) < 4.78 is 5.88. The molecule has 7 nitrogen and oxygen atoms in total. The summed E-state index contributed by atoms with van der Waals surface area (Å²) in [5.41, 5.74) is 0.719. The Kier molecular flexibility index (Phi) is 5.63. The van der Waals surface area contributed by atoms with Crippen LogP contribution in [0, 0.1) is 6.92 Å². The zero-order valence-corrected chi connectivity index (χ0v) is 17.4. The van der Waals surface area contributed by atoms with Gasteiger partial charge in [-0.3, -0.25) is 14.9 Å². The number of urea groups is 1. The van der Waals surface area contributed by atoms with Crippen molar-refractivity contribution < 1.29 is 18.8 Å². The van der Waals surface area contributed by atoms with Gasteiger partial charge in [0.25, 0.3) is 11.8 Å². The smallest absolute Gasteiger partial charge is 0.335 e. The van der Waals surface area contributed by atoms with Gasteiger partial charge in [-0.15, -0.1) is 0 Å². The van der Waals surface area contributed by atoms with Crippen LogP contribution < -0.4 is 15.1 Å². The highest BCUT2D eigenvalue weighted by molar-refractivity contribution is 6.39. The molecule has 4 amide bonds. The molecule has 156 valence electrons. The van der Waals surface area contributed by atoms with E-state index >= 15 is 0 Å². The Hall–Kier alpha value is -3.06. The molecule has 0 spiro atoms. The molecule has 2 aliphatic rings. The molecule has 4 rings (SSSR count). The minimum Gasteiger partial charge on any atom is -0.441 e. The Labute approximate surface area is 179 Å². The number of hydrogen-bond donors (Lipinski definition) is 1. The van der Waals surface area contributed by atoms with Crippen LogP contribution in [0.3, 0.4) is 0 Å². The fourth-order valence-electron chi connectivity index (χ4n) is 3.74. The number of imide groups is 2. The summed E-state index contributed by atoms with van der Waals surface area (Å²) in [6.45, 7) is 3.54. The molecular weight excluding hydrogens is 406 g/mol. The summed E-state index contributed by atoms with van der Waals surface area (Å²) >= 11 is 6.14. The number of carbonyl (C=O) groups excluding carboxylic acids is 3. The highest BCUT2D eigenvalue weighted by Crippen LogP contribution is 2.30. The number of nitrogens with one attached hydrogen (secondary N) is 1. The van der Waals surface area contributed by atoms with Crippen molar-refractivity contribution in [3.8, 4) is 0 Å². The van der Waals surface area contributed by atoms with E-state index in [1.165, 1.54) is 18.9 Å². The number of carbonyl (C=O) groups is 3. The van der Waals surface area contributed by atoms with E-state index < -0.39 is 17.8 Å². The number of hydrogen-bond acceptors (Lipinski definition) is 5. The average molecular weight is 428 g/mol. The zero-order chi connectivity index (χ0) is 21.3. The van der Waals surface area contributed by atoms with E-state index in [0.717, 1.165) is 30.8 Å². The third kappa shape index (κ3) is 3.85. The second kappa shape index (κ2) is 8.36. The van der Waals surface area contributed by atoms with Gasteiger partial charge in [0.2, 0.25) is 0 Å². The van der Waals surface area contributed by atoms with Gasteiger partial charge in [-0.25, -0.2) is 9.69 Å². The molecule has 30 heavy (non-hydrogen) atoms. The summed E-state index contributed by atoms with van der Waals surface area (Å²) in [6, 6.07) is 7.67. The van der Waals surface area contributed by atoms with Crippen molar-refractivity contribution in [3.05, 3.63) is 52.3 Å². The van der Waals surface area contributed by atoms with Crippen LogP contribution in [0.2, 0.25) is 5.02 Å². The number of halogens is 1. The van der Waals surface area contributed by atoms with Crippen LogP contribution in [0.1, 0.15) is 37.0 Å². The van der Waals surface area contributed by atoms with Gasteiger partial charge in [0.05, 0.1) is 5.69 Å². The summed E-state index contributed by atoms with van der Waals surface area (Å²) in [7, 11) is 0. The average Bonchev–Trinajstić information content (AvgIpc) is 3.00. The van der Waals surface area contributed by atoms with Gasteiger partial charge in [0.1, 0.15) is 11.3 Å². The maximum atomic E-state index is 13.0. The predicted molar refractivity (Wildman–Crippen MR) is 115 cm³/mol. The van der Waals surface area contributed by atoms with Crippen LogP contribution in [0.25, 0.3) is 6.08 Å². The molecule has 0 bridgehead atoms. The van der Waals surface area contributed by atoms with Crippen molar-refractivity contribution in [1.82, 2.24) is 5.32 Å². The first-order valence-corrected chi connectivity index (χ1v) is 10.3.